The van der Waals surface area contributed by atoms with E-state index in [4.69, 9.17) is 5.73 Å². The minimum atomic E-state index is 0.107. The summed E-state index contributed by atoms with van der Waals surface area (Å²) in [6.45, 7) is 8.66. The van der Waals surface area contributed by atoms with E-state index in [1.807, 2.05) is 11.0 Å². The number of hydrogen-bond donors (Lipinski definition) is 1. The van der Waals surface area contributed by atoms with E-state index in [1.54, 1.807) is 11.3 Å². The summed E-state index contributed by atoms with van der Waals surface area (Å²) >= 11 is 1.64. The Bertz CT molecular complexity index is 455. The maximum absolute atomic E-state index is 12.4. The maximum Gasteiger partial charge on any atom is 0.263 e. The molecule has 18 heavy (non-hydrogen) atoms. The first-order valence-electron chi connectivity index (χ1n) is 6.58. The molecule has 1 aromatic heterocycles. The average molecular weight is 266 g/mol. The Hall–Kier alpha value is -0.870. The second-order valence-corrected chi connectivity index (χ2v) is 6.70. The van der Waals surface area contributed by atoms with Crippen LogP contribution in [0.25, 0.3) is 0 Å². The minimum Gasteiger partial charge on any atom is -0.337 e. The molecule has 1 atom stereocenters. The zero-order valence-electron chi connectivity index (χ0n) is 11.5. The number of carbonyl (C=O) groups is 1. The van der Waals surface area contributed by atoms with Crippen molar-refractivity contribution in [1.29, 1.82) is 0 Å². The number of carbonyl (C=O) groups excluding carboxylic acids is 1. The Balaban J connectivity index is 2.12. The fraction of sp³-hybridized carbons (Fsp3) is 0.643. The van der Waals surface area contributed by atoms with Crippen LogP contribution in [0, 0.1) is 12.3 Å². The van der Waals surface area contributed by atoms with E-state index in [0.29, 0.717) is 6.54 Å². The van der Waals surface area contributed by atoms with Gasteiger partial charge in [0.1, 0.15) is 0 Å². The highest BCUT2D eigenvalue weighted by atomic mass is 32.1. The molecular formula is C14H22N2OS. The van der Waals surface area contributed by atoms with E-state index in [-0.39, 0.29) is 11.3 Å². The van der Waals surface area contributed by atoms with E-state index >= 15 is 0 Å². The van der Waals surface area contributed by atoms with Gasteiger partial charge in [0.25, 0.3) is 5.91 Å². The van der Waals surface area contributed by atoms with Crippen molar-refractivity contribution < 1.29 is 4.79 Å². The Labute approximate surface area is 113 Å². The van der Waals surface area contributed by atoms with E-state index in [9.17, 15) is 4.79 Å². The minimum absolute atomic E-state index is 0.107. The second kappa shape index (κ2) is 5.02. The molecule has 3 nitrogen and oxygen atoms in total. The zero-order valence-corrected chi connectivity index (χ0v) is 12.3. The van der Waals surface area contributed by atoms with Crippen molar-refractivity contribution in [3.8, 4) is 0 Å². The summed E-state index contributed by atoms with van der Waals surface area (Å²) in [7, 11) is 0. The highest BCUT2D eigenvalue weighted by Gasteiger charge is 2.35. The Morgan fingerprint density at radius 3 is 2.83 bits per heavy atom. The van der Waals surface area contributed by atoms with Crippen molar-refractivity contribution in [2.24, 2.45) is 11.1 Å². The molecule has 2 rings (SSSR count). The Kier molecular flexibility index (Phi) is 3.78. The van der Waals surface area contributed by atoms with Crippen LogP contribution in [0.1, 0.15) is 40.4 Å². The lowest BCUT2D eigenvalue weighted by atomic mass is 9.90. The smallest absolute Gasteiger partial charge is 0.263 e. The van der Waals surface area contributed by atoms with Gasteiger partial charge in [-0.25, -0.2) is 0 Å². The summed E-state index contributed by atoms with van der Waals surface area (Å²) in [6, 6.07) is 2.03. The molecule has 100 valence electrons. The molecule has 0 bridgehead atoms. The number of rotatable bonds is 3. The van der Waals surface area contributed by atoms with Crippen LogP contribution in [0.4, 0.5) is 0 Å². The van der Waals surface area contributed by atoms with E-state index < -0.39 is 0 Å². The molecule has 1 aromatic rings. The van der Waals surface area contributed by atoms with Crippen molar-refractivity contribution in [2.45, 2.75) is 33.6 Å². The lowest BCUT2D eigenvalue weighted by Gasteiger charge is -2.22. The lowest BCUT2D eigenvalue weighted by Crippen LogP contribution is -2.34. The molecule has 1 aliphatic heterocycles. The van der Waals surface area contributed by atoms with Gasteiger partial charge in [0.05, 0.1) is 4.88 Å². The summed E-state index contributed by atoms with van der Waals surface area (Å²) in [5.41, 5.74) is 7.13. The van der Waals surface area contributed by atoms with Gasteiger partial charge in [-0.15, -0.1) is 11.3 Å². The van der Waals surface area contributed by atoms with Gasteiger partial charge in [-0.1, -0.05) is 13.8 Å². The van der Waals surface area contributed by atoms with Gasteiger partial charge in [0.2, 0.25) is 0 Å². The van der Waals surface area contributed by atoms with Crippen molar-refractivity contribution in [3.05, 3.63) is 21.4 Å². The molecule has 0 saturated carbocycles. The van der Waals surface area contributed by atoms with Crippen LogP contribution in [0.15, 0.2) is 6.07 Å². The van der Waals surface area contributed by atoms with Gasteiger partial charge in [0, 0.05) is 18.0 Å². The van der Waals surface area contributed by atoms with Crippen molar-refractivity contribution in [2.75, 3.05) is 19.6 Å². The zero-order chi connectivity index (χ0) is 13.3. The summed E-state index contributed by atoms with van der Waals surface area (Å²) in [6.07, 6.45) is 2.02. The highest BCUT2D eigenvalue weighted by molar-refractivity contribution is 7.14. The molecular weight excluding hydrogens is 244 g/mol. The van der Waals surface area contributed by atoms with Crippen LogP contribution in [-0.4, -0.2) is 30.4 Å². The maximum atomic E-state index is 12.4. The quantitative estimate of drug-likeness (QED) is 0.913. The molecule has 0 aromatic carbocycles. The third-order valence-electron chi connectivity index (χ3n) is 3.89. The summed E-state index contributed by atoms with van der Waals surface area (Å²) < 4.78 is 0. The molecule has 1 unspecified atom stereocenters. The van der Waals surface area contributed by atoms with Gasteiger partial charge in [-0.3, -0.25) is 4.79 Å². The monoisotopic (exact) mass is 266 g/mol. The molecule has 1 fully saturated rings. The number of hydrogen-bond acceptors (Lipinski definition) is 3. The predicted octanol–water partition coefficient (Wildman–Crippen LogP) is 2.43. The van der Waals surface area contributed by atoms with Crippen molar-refractivity contribution in [3.63, 3.8) is 0 Å². The summed E-state index contributed by atoms with van der Waals surface area (Å²) in [4.78, 5) is 16.6. The fourth-order valence-electron chi connectivity index (χ4n) is 2.50. The lowest BCUT2D eigenvalue weighted by molar-refractivity contribution is 0.0781. The molecule has 0 spiro atoms. The predicted molar refractivity (Wildman–Crippen MR) is 76.1 cm³/mol. The van der Waals surface area contributed by atoms with E-state index in [0.717, 1.165) is 30.8 Å². The molecule has 0 radical (unpaired) electrons. The van der Waals surface area contributed by atoms with Crippen molar-refractivity contribution >= 4 is 17.2 Å². The molecule has 4 heteroatoms. The van der Waals surface area contributed by atoms with Crippen LogP contribution in [0.5, 0.6) is 0 Å². The largest absolute Gasteiger partial charge is 0.337 e. The fourth-order valence-corrected chi connectivity index (χ4v) is 3.58. The van der Waals surface area contributed by atoms with Gasteiger partial charge >= 0.3 is 0 Å². The first-order valence-corrected chi connectivity index (χ1v) is 7.39. The SMILES string of the molecule is CCc1sc(C(=O)N2CCC(C)(CN)C2)cc1C. The number of amides is 1. The van der Waals surface area contributed by atoms with Gasteiger partial charge < -0.3 is 10.6 Å². The number of thiophene rings is 1. The second-order valence-electron chi connectivity index (χ2n) is 5.56. The average Bonchev–Trinajstić information content (AvgIpc) is 2.93. The third kappa shape index (κ3) is 2.45. The van der Waals surface area contributed by atoms with Crippen LogP contribution >= 0.6 is 11.3 Å². The third-order valence-corrected chi connectivity index (χ3v) is 5.26. The van der Waals surface area contributed by atoms with Crippen LogP contribution in [0.2, 0.25) is 0 Å². The standard InChI is InChI=1S/C14H22N2OS/c1-4-11-10(2)7-12(18-11)13(17)16-6-5-14(3,8-15)9-16/h7H,4-6,8-9,15H2,1-3H3. The molecule has 2 N–H and O–H groups in total. The number of aryl methyl sites for hydroxylation is 2. The molecule has 1 aliphatic rings. The number of nitrogens with two attached hydrogens (primary N) is 1. The number of nitrogens with zero attached hydrogens (tertiary/aromatic N) is 1. The molecule has 1 amide bonds. The first kappa shape index (κ1) is 13.6. The Morgan fingerprint density at radius 1 is 1.61 bits per heavy atom. The van der Waals surface area contributed by atoms with E-state index in [2.05, 4.69) is 20.8 Å². The van der Waals surface area contributed by atoms with Gasteiger partial charge in [0.15, 0.2) is 0 Å². The molecule has 1 saturated heterocycles. The van der Waals surface area contributed by atoms with Gasteiger partial charge in [-0.2, -0.15) is 0 Å². The van der Waals surface area contributed by atoms with E-state index in [1.165, 1.54) is 10.4 Å². The number of likely N-dealkylation sites (tertiary alicyclic amines) is 1. The van der Waals surface area contributed by atoms with Crippen molar-refractivity contribution in [1.82, 2.24) is 4.90 Å². The Morgan fingerprint density at radius 2 is 2.33 bits per heavy atom. The molecule has 2 heterocycles. The van der Waals surface area contributed by atoms with Crippen LogP contribution in [0.3, 0.4) is 0 Å². The summed E-state index contributed by atoms with van der Waals surface area (Å²) in [5, 5.41) is 0. The van der Waals surface area contributed by atoms with Crippen LogP contribution < -0.4 is 5.73 Å². The normalized spacial score (nSPS) is 23.7. The summed E-state index contributed by atoms with van der Waals surface area (Å²) in [5.74, 6) is 0.181. The molecule has 0 aliphatic carbocycles. The first-order chi connectivity index (χ1) is 8.49. The highest BCUT2D eigenvalue weighted by Crippen LogP contribution is 2.31. The van der Waals surface area contributed by atoms with Gasteiger partial charge in [-0.05, 0) is 43.4 Å². The van der Waals surface area contributed by atoms with Crippen LogP contribution in [-0.2, 0) is 6.42 Å². The topological polar surface area (TPSA) is 46.3 Å².